The van der Waals surface area contributed by atoms with E-state index in [1.165, 1.54) is 6.92 Å². The third-order valence-electron chi connectivity index (χ3n) is 2.94. The Bertz CT molecular complexity index is 248. The number of rotatable bonds is 11. The van der Waals surface area contributed by atoms with E-state index in [1.807, 2.05) is 0 Å². The average Bonchev–Trinajstić information content (AvgIpc) is 2.42. The molecule has 0 aromatic heterocycles. The second-order valence-electron chi connectivity index (χ2n) is 4.90. The molecule has 5 N–H and O–H groups in total. The zero-order valence-corrected chi connectivity index (χ0v) is 13.1. The normalized spacial score (nSPS) is 19.6. The Labute approximate surface area is 129 Å². The standard InChI is InChI=1S/C12H25Cl2NO5/c1-8(16)11(19)12(20)10(18)7-15(4-2-3-13)6-9(17)5-14/h8-12,16-20H,2-7H2,1H3. The fourth-order valence-corrected chi connectivity index (χ4v) is 1.99. The number of aliphatic hydroxyl groups is 5. The molecule has 122 valence electrons. The molecule has 0 aromatic rings. The highest BCUT2D eigenvalue weighted by molar-refractivity contribution is 6.18. The van der Waals surface area contributed by atoms with Gasteiger partial charge in [-0.3, -0.25) is 4.90 Å². The third-order valence-corrected chi connectivity index (χ3v) is 3.56. The second-order valence-corrected chi connectivity index (χ2v) is 5.59. The van der Waals surface area contributed by atoms with Gasteiger partial charge in [0.25, 0.3) is 0 Å². The molecule has 0 saturated heterocycles. The molecule has 0 aliphatic rings. The number of halogens is 2. The van der Waals surface area contributed by atoms with Crippen LogP contribution in [0.1, 0.15) is 13.3 Å². The minimum atomic E-state index is -1.47. The number of nitrogens with zero attached hydrogens (tertiary/aromatic N) is 1. The van der Waals surface area contributed by atoms with Crippen LogP contribution in [0.15, 0.2) is 0 Å². The van der Waals surface area contributed by atoms with Gasteiger partial charge in [-0.25, -0.2) is 0 Å². The lowest BCUT2D eigenvalue weighted by molar-refractivity contribution is -0.107. The molecule has 0 aliphatic heterocycles. The molecular weight excluding hydrogens is 309 g/mol. The Balaban J connectivity index is 4.45. The maximum atomic E-state index is 9.88. The van der Waals surface area contributed by atoms with Crippen LogP contribution in [0.2, 0.25) is 0 Å². The third kappa shape index (κ3) is 7.95. The molecule has 0 heterocycles. The molecule has 0 aromatic carbocycles. The van der Waals surface area contributed by atoms with Crippen LogP contribution in [0, 0.1) is 0 Å². The lowest BCUT2D eigenvalue weighted by Gasteiger charge is -2.30. The zero-order valence-electron chi connectivity index (χ0n) is 11.6. The van der Waals surface area contributed by atoms with Crippen molar-refractivity contribution in [3.63, 3.8) is 0 Å². The molecule has 0 saturated carbocycles. The van der Waals surface area contributed by atoms with Gasteiger partial charge in [0.05, 0.1) is 18.3 Å². The van der Waals surface area contributed by atoms with E-state index in [1.54, 1.807) is 4.90 Å². The number of alkyl halides is 2. The van der Waals surface area contributed by atoms with Crippen LogP contribution in [0.5, 0.6) is 0 Å². The van der Waals surface area contributed by atoms with E-state index < -0.39 is 30.5 Å². The predicted molar refractivity (Wildman–Crippen MR) is 78.2 cm³/mol. The molecule has 0 bridgehead atoms. The SMILES string of the molecule is CC(O)C(O)C(O)C(O)CN(CCCCl)CC(O)CCl. The van der Waals surface area contributed by atoms with E-state index in [0.717, 1.165) is 0 Å². The summed E-state index contributed by atoms with van der Waals surface area (Å²) in [6, 6.07) is 0. The molecule has 5 unspecified atom stereocenters. The maximum absolute atomic E-state index is 9.88. The van der Waals surface area contributed by atoms with Crippen molar-refractivity contribution >= 4 is 23.2 Å². The molecule has 8 heteroatoms. The first-order chi connectivity index (χ1) is 9.33. The summed E-state index contributed by atoms with van der Waals surface area (Å²) in [4.78, 5) is 1.71. The lowest BCUT2D eigenvalue weighted by atomic mass is 10.0. The van der Waals surface area contributed by atoms with E-state index in [0.29, 0.717) is 18.8 Å². The molecule has 0 amide bonds. The van der Waals surface area contributed by atoms with Gasteiger partial charge in [0.2, 0.25) is 0 Å². The van der Waals surface area contributed by atoms with E-state index in [2.05, 4.69) is 0 Å². The molecular formula is C12H25Cl2NO5. The first kappa shape index (κ1) is 20.3. The molecule has 6 nitrogen and oxygen atoms in total. The molecule has 0 fully saturated rings. The number of hydrogen-bond donors (Lipinski definition) is 5. The summed E-state index contributed by atoms with van der Waals surface area (Å²) in [6.07, 6.45) is -5.41. The van der Waals surface area contributed by atoms with Crippen LogP contribution in [0.3, 0.4) is 0 Å². The van der Waals surface area contributed by atoms with Crippen molar-refractivity contribution in [1.82, 2.24) is 4.90 Å². The summed E-state index contributed by atoms with van der Waals surface area (Å²) in [5.41, 5.74) is 0. The van der Waals surface area contributed by atoms with Crippen LogP contribution in [0.25, 0.3) is 0 Å². The van der Waals surface area contributed by atoms with Crippen molar-refractivity contribution in [1.29, 1.82) is 0 Å². The highest BCUT2D eigenvalue weighted by atomic mass is 35.5. The van der Waals surface area contributed by atoms with Crippen LogP contribution in [-0.2, 0) is 0 Å². The molecule has 20 heavy (non-hydrogen) atoms. The first-order valence-electron chi connectivity index (χ1n) is 6.58. The van der Waals surface area contributed by atoms with E-state index >= 15 is 0 Å². The van der Waals surface area contributed by atoms with Crippen LogP contribution < -0.4 is 0 Å². The molecule has 0 aliphatic carbocycles. The summed E-state index contributed by atoms with van der Waals surface area (Å²) >= 11 is 11.1. The average molecular weight is 334 g/mol. The Kier molecular flexibility index (Phi) is 11.2. The monoisotopic (exact) mass is 333 g/mol. The van der Waals surface area contributed by atoms with Gasteiger partial charge in [0, 0.05) is 24.8 Å². The minimum absolute atomic E-state index is 0.0375. The van der Waals surface area contributed by atoms with Gasteiger partial charge in [-0.15, -0.1) is 23.2 Å². The minimum Gasteiger partial charge on any atom is -0.391 e. The highest BCUT2D eigenvalue weighted by Gasteiger charge is 2.29. The maximum Gasteiger partial charge on any atom is 0.109 e. The fourth-order valence-electron chi connectivity index (χ4n) is 1.77. The van der Waals surface area contributed by atoms with Crippen molar-refractivity contribution in [2.45, 2.75) is 43.9 Å². The van der Waals surface area contributed by atoms with Crippen molar-refractivity contribution < 1.29 is 25.5 Å². The van der Waals surface area contributed by atoms with Crippen molar-refractivity contribution in [2.75, 3.05) is 31.4 Å². The van der Waals surface area contributed by atoms with Gasteiger partial charge in [-0.2, -0.15) is 0 Å². The Morgan fingerprint density at radius 3 is 2.00 bits per heavy atom. The van der Waals surface area contributed by atoms with Gasteiger partial charge in [-0.1, -0.05) is 0 Å². The summed E-state index contributed by atoms with van der Waals surface area (Å²) in [7, 11) is 0. The van der Waals surface area contributed by atoms with Gasteiger partial charge < -0.3 is 25.5 Å². The predicted octanol–water partition coefficient (Wildman–Crippen LogP) is -1.02. The van der Waals surface area contributed by atoms with Gasteiger partial charge >= 0.3 is 0 Å². The molecule has 0 radical (unpaired) electrons. The number of hydrogen-bond acceptors (Lipinski definition) is 6. The zero-order chi connectivity index (χ0) is 15.7. The Morgan fingerprint density at radius 2 is 1.55 bits per heavy atom. The first-order valence-corrected chi connectivity index (χ1v) is 7.65. The second kappa shape index (κ2) is 11.0. The van der Waals surface area contributed by atoms with E-state index in [9.17, 15) is 25.5 Å². The fraction of sp³-hybridized carbons (Fsp3) is 1.00. The van der Waals surface area contributed by atoms with E-state index in [4.69, 9.17) is 23.2 Å². The molecule has 5 atom stereocenters. The highest BCUT2D eigenvalue weighted by Crippen LogP contribution is 2.08. The largest absolute Gasteiger partial charge is 0.391 e. The topological polar surface area (TPSA) is 104 Å². The van der Waals surface area contributed by atoms with Crippen molar-refractivity contribution in [3.05, 3.63) is 0 Å². The van der Waals surface area contributed by atoms with Gasteiger partial charge in [-0.05, 0) is 19.9 Å². The Hall–Kier alpha value is 0.340. The summed E-state index contributed by atoms with van der Waals surface area (Å²) < 4.78 is 0. The molecule has 0 rings (SSSR count). The lowest BCUT2D eigenvalue weighted by Crippen LogP contribution is -2.49. The van der Waals surface area contributed by atoms with E-state index in [-0.39, 0.29) is 19.0 Å². The number of aliphatic hydroxyl groups excluding tert-OH is 5. The van der Waals surface area contributed by atoms with Gasteiger partial charge in [0.15, 0.2) is 0 Å². The van der Waals surface area contributed by atoms with Crippen LogP contribution in [-0.4, -0.2) is 92.3 Å². The summed E-state index contributed by atoms with van der Waals surface area (Å²) in [5.74, 6) is 0.495. The summed E-state index contributed by atoms with van der Waals surface area (Å²) in [5, 5.41) is 47.8. The van der Waals surface area contributed by atoms with Gasteiger partial charge in [0.1, 0.15) is 12.2 Å². The van der Waals surface area contributed by atoms with Crippen LogP contribution >= 0.6 is 23.2 Å². The smallest absolute Gasteiger partial charge is 0.109 e. The van der Waals surface area contributed by atoms with Crippen molar-refractivity contribution in [2.24, 2.45) is 0 Å². The van der Waals surface area contributed by atoms with Crippen molar-refractivity contribution in [3.8, 4) is 0 Å². The van der Waals surface area contributed by atoms with Crippen LogP contribution in [0.4, 0.5) is 0 Å². The molecule has 0 spiro atoms. The summed E-state index contributed by atoms with van der Waals surface area (Å²) in [6.45, 7) is 2.11. The quantitative estimate of drug-likeness (QED) is 0.310. The Morgan fingerprint density at radius 1 is 0.950 bits per heavy atom.